The van der Waals surface area contributed by atoms with E-state index in [0.29, 0.717) is 13.2 Å². The molecule has 1 saturated heterocycles. The summed E-state index contributed by atoms with van der Waals surface area (Å²) in [5.41, 5.74) is 0.286. The maximum atomic E-state index is 13.3. The van der Waals surface area contributed by atoms with Gasteiger partial charge in [0.05, 0.1) is 25.4 Å². The van der Waals surface area contributed by atoms with Gasteiger partial charge < -0.3 is 15.2 Å². The van der Waals surface area contributed by atoms with E-state index in [0.717, 1.165) is 38.8 Å². The van der Waals surface area contributed by atoms with Gasteiger partial charge in [-0.2, -0.15) is 0 Å². The zero-order valence-corrected chi connectivity index (χ0v) is 13.8. The Labute approximate surface area is 141 Å². The van der Waals surface area contributed by atoms with Gasteiger partial charge in [0.15, 0.2) is 0 Å². The quantitative estimate of drug-likeness (QED) is 0.823. The summed E-state index contributed by atoms with van der Waals surface area (Å²) in [4.78, 5) is 14.6. The fourth-order valence-electron chi connectivity index (χ4n) is 3.67. The number of aliphatic hydroxyl groups is 1. The zero-order chi connectivity index (χ0) is 16.9. The number of benzene rings is 1. The fraction of sp³-hybridized carbons (Fsp3) is 0.611. The molecule has 3 rings (SSSR count). The second kappa shape index (κ2) is 8.05. The molecule has 1 saturated carbocycles. The largest absolute Gasteiger partial charge is 0.389 e. The van der Waals surface area contributed by atoms with Crippen LogP contribution in [0.25, 0.3) is 0 Å². The van der Waals surface area contributed by atoms with Crippen molar-refractivity contribution in [1.82, 2.24) is 10.2 Å². The van der Waals surface area contributed by atoms with Gasteiger partial charge in [-0.1, -0.05) is 18.9 Å². The summed E-state index contributed by atoms with van der Waals surface area (Å²) in [6.07, 6.45) is 3.04. The fourth-order valence-corrected chi connectivity index (χ4v) is 3.67. The summed E-state index contributed by atoms with van der Waals surface area (Å²) in [5, 5.41) is 13.7. The lowest BCUT2D eigenvalue weighted by Gasteiger charge is -2.38. The van der Waals surface area contributed by atoms with Crippen molar-refractivity contribution in [1.29, 1.82) is 0 Å². The van der Waals surface area contributed by atoms with E-state index in [4.69, 9.17) is 4.74 Å². The highest BCUT2D eigenvalue weighted by atomic mass is 19.1. The van der Waals surface area contributed by atoms with Crippen molar-refractivity contribution in [2.45, 2.75) is 43.9 Å². The lowest BCUT2D eigenvalue weighted by atomic mass is 9.99. The molecule has 0 spiro atoms. The number of carbonyl (C=O) groups excluding carboxylic acids is 1. The van der Waals surface area contributed by atoms with Gasteiger partial charge in [-0.15, -0.1) is 0 Å². The summed E-state index contributed by atoms with van der Waals surface area (Å²) in [6, 6.07) is 5.36. The van der Waals surface area contributed by atoms with Crippen molar-refractivity contribution < 1.29 is 19.0 Å². The number of nitrogens with one attached hydrogen (secondary N) is 1. The number of aliphatic hydroxyl groups excluding tert-OH is 1. The van der Waals surface area contributed by atoms with Gasteiger partial charge in [0.2, 0.25) is 0 Å². The average Bonchev–Trinajstić information content (AvgIpc) is 2.78. The first kappa shape index (κ1) is 17.3. The number of morpholine rings is 1. The summed E-state index contributed by atoms with van der Waals surface area (Å²) >= 11 is 0. The van der Waals surface area contributed by atoms with Crippen LogP contribution >= 0.6 is 0 Å². The van der Waals surface area contributed by atoms with Crippen LogP contribution in [0.4, 0.5) is 4.39 Å². The number of nitrogens with zero attached hydrogens (tertiary/aromatic N) is 1. The SMILES string of the molecule is O=C(N[C@@H]1CCCC[C@@H](N2CCOCC2)[C@@H]1O)c1cccc(F)c1. The molecule has 2 N–H and O–H groups in total. The topological polar surface area (TPSA) is 61.8 Å². The van der Waals surface area contributed by atoms with Gasteiger partial charge in [0.1, 0.15) is 5.82 Å². The molecule has 0 radical (unpaired) electrons. The molecule has 3 atom stereocenters. The molecule has 24 heavy (non-hydrogen) atoms. The molecule has 1 heterocycles. The summed E-state index contributed by atoms with van der Waals surface area (Å²) in [6.45, 7) is 2.99. The summed E-state index contributed by atoms with van der Waals surface area (Å²) < 4.78 is 18.7. The Morgan fingerprint density at radius 1 is 1.25 bits per heavy atom. The Bertz CT molecular complexity index is 563. The van der Waals surface area contributed by atoms with Gasteiger partial charge in [-0.3, -0.25) is 9.69 Å². The first-order chi connectivity index (χ1) is 11.6. The third kappa shape index (κ3) is 4.12. The lowest BCUT2D eigenvalue weighted by molar-refractivity contribution is -0.0308. The normalized spacial score (nSPS) is 29.0. The predicted octanol–water partition coefficient (Wildman–Crippen LogP) is 1.56. The Balaban J connectivity index is 1.68. The minimum Gasteiger partial charge on any atom is -0.389 e. The summed E-state index contributed by atoms with van der Waals surface area (Å²) in [7, 11) is 0. The van der Waals surface area contributed by atoms with E-state index in [9.17, 15) is 14.3 Å². The van der Waals surface area contributed by atoms with Crippen molar-refractivity contribution in [3.63, 3.8) is 0 Å². The maximum Gasteiger partial charge on any atom is 0.251 e. The molecular weight excluding hydrogens is 311 g/mol. The molecule has 1 amide bonds. The van der Waals surface area contributed by atoms with E-state index in [2.05, 4.69) is 10.2 Å². The molecule has 1 aliphatic carbocycles. The van der Waals surface area contributed by atoms with Crippen LogP contribution in [0.2, 0.25) is 0 Å². The molecule has 0 bridgehead atoms. The third-order valence-electron chi connectivity index (χ3n) is 4.99. The van der Waals surface area contributed by atoms with Crippen LogP contribution in [-0.2, 0) is 4.74 Å². The van der Waals surface area contributed by atoms with Crippen LogP contribution < -0.4 is 5.32 Å². The van der Waals surface area contributed by atoms with Crippen molar-refractivity contribution in [3.8, 4) is 0 Å². The Hall–Kier alpha value is -1.50. The van der Waals surface area contributed by atoms with Crippen LogP contribution in [0, 0.1) is 5.82 Å². The van der Waals surface area contributed by atoms with Gasteiger partial charge in [-0.25, -0.2) is 4.39 Å². The van der Waals surface area contributed by atoms with E-state index in [1.807, 2.05) is 0 Å². The molecule has 1 aromatic rings. The van der Waals surface area contributed by atoms with Crippen LogP contribution in [-0.4, -0.2) is 60.4 Å². The van der Waals surface area contributed by atoms with Crippen molar-refractivity contribution in [3.05, 3.63) is 35.6 Å². The highest BCUT2D eigenvalue weighted by Crippen LogP contribution is 2.24. The van der Waals surface area contributed by atoms with Gasteiger partial charge in [0, 0.05) is 24.7 Å². The van der Waals surface area contributed by atoms with E-state index in [1.54, 1.807) is 6.07 Å². The number of amides is 1. The van der Waals surface area contributed by atoms with E-state index in [-0.39, 0.29) is 23.6 Å². The second-order valence-electron chi connectivity index (χ2n) is 6.58. The highest BCUT2D eigenvalue weighted by molar-refractivity contribution is 5.94. The Morgan fingerprint density at radius 2 is 2.00 bits per heavy atom. The molecule has 5 nitrogen and oxygen atoms in total. The van der Waals surface area contributed by atoms with Crippen molar-refractivity contribution in [2.24, 2.45) is 0 Å². The first-order valence-corrected chi connectivity index (χ1v) is 8.71. The molecule has 0 aromatic heterocycles. The third-order valence-corrected chi connectivity index (χ3v) is 4.99. The second-order valence-corrected chi connectivity index (χ2v) is 6.58. The van der Waals surface area contributed by atoms with Gasteiger partial charge in [-0.05, 0) is 31.0 Å². The van der Waals surface area contributed by atoms with Crippen LogP contribution in [0.5, 0.6) is 0 Å². The number of hydrogen-bond acceptors (Lipinski definition) is 4. The molecule has 1 aromatic carbocycles. The molecule has 2 aliphatic rings. The van der Waals surface area contributed by atoms with Crippen LogP contribution in [0.1, 0.15) is 36.0 Å². The van der Waals surface area contributed by atoms with E-state index in [1.165, 1.54) is 18.2 Å². The number of ether oxygens (including phenoxy) is 1. The molecule has 132 valence electrons. The molecule has 2 fully saturated rings. The van der Waals surface area contributed by atoms with Crippen LogP contribution in [0.15, 0.2) is 24.3 Å². The molecule has 0 unspecified atom stereocenters. The average molecular weight is 336 g/mol. The highest BCUT2D eigenvalue weighted by Gasteiger charge is 2.35. The number of hydrogen-bond donors (Lipinski definition) is 2. The van der Waals surface area contributed by atoms with Gasteiger partial charge in [0.25, 0.3) is 5.91 Å². The summed E-state index contributed by atoms with van der Waals surface area (Å²) in [5.74, 6) is -0.767. The first-order valence-electron chi connectivity index (χ1n) is 8.71. The lowest BCUT2D eigenvalue weighted by Crippen LogP contribution is -2.55. The predicted molar refractivity (Wildman–Crippen MR) is 88.3 cm³/mol. The molecule has 6 heteroatoms. The van der Waals surface area contributed by atoms with E-state index >= 15 is 0 Å². The van der Waals surface area contributed by atoms with Crippen LogP contribution in [0.3, 0.4) is 0 Å². The Morgan fingerprint density at radius 3 is 2.75 bits per heavy atom. The van der Waals surface area contributed by atoms with Crippen molar-refractivity contribution >= 4 is 5.91 Å². The molecular formula is C18H25FN2O3. The van der Waals surface area contributed by atoms with Gasteiger partial charge >= 0.3 is 0 Å². The Kier molecular flexibility index (Phi) is 5.81. The van der Waals surface area contributed by atoms with Crippen molar-refractivity contribution in [2.75, 3.05) is 26.3 Å². The van der Waals surface area contributed by atoms with E-state index < -0.39 is 11.9 Å². The maximum absolute atomic E-state index is 13.3. The standard InChI is InChI=1S/C18H25FN2O3/c19-14-5-3-4-13(12-14)18(23)20-15-6-1-2-7-16(17(15)22)21-8-10-24-11-9-21/h3-5,12,15-17,22H,1-2,6-11H2,(H,20,23)/t15-,16-,17-/m1/s1. The molecule has 1 aliphatic heterocycles. The number of halogens is 1. The monoisotopic (exact) mass is 336 g/mol. The minimum atomic E-state index is -0.622. The minimum absolute atomic E-state index is 0.0363. The number of rotatable bonds is 3. The smallest absolute Gasteiger partial charge is 0.251 e. The zero-order valence-electron chi connectivity index (χ0n) is 13.8. The number of carbonyl (C=O) groups is 1.